The number of imidazole rings is 1. The Morgan fingerprint density at radius 2 is 1.85 bits per heavy atom. The van der Waals surface area contributed by atoms with Gasteiger partial charge in [0, 0.05) is 44.6 Å². The average Bonchev–Trinajstić information content (AvgIpc) is 3.48. The fourth-order valence-corrected chi connectivity index (χ4v) is 4.36. The van der Waals surface area contributed by atoms with Crippen LogP contribution in [0.3, 0.4) is 0 Å². The molecule has 0 bridgehead atoms. The number of piperidine rings is 1. The Balaban J connectivity index is 1.31. The summed E-state index contributed by atoms with van der Waals surface area (Å²) in [7, 11) is 0. The highest BCUT2D eigenvalue weighted by molar-refractivity contribution is 5.95. The van der Waals surface area contributed by atoms with Crippen molar-refractivity contribution in [2.24, 2.45) is 0 Å². The Bertz CT molecular complexity index is 1020. The van der Waals surface area contributed by atoms with Crippen molar-refractivity contribution in [3.8, 4) is 5.69 Å². The number of carbonyl (C=O) groups is 1. The van der Waals surface area contributed by atoms with Gasteiger partial charge in [-0.1, -0.05) is 18.2 Å². The second-order valence-corrected chi connectivity index (χ2v) is 8.25. The molecule has 1 aliphatic rings. The van der Waals surface area contributed by atoms with E-state index in [0.29, 0.717) is 37.9 Å². The second kappa shape index (κ2) is 11.2. The lowest BCUT2D eigenvalue weighted by molar-refractivity contribution is 0.0492. The van der Waals surface area contributed by atoms with Crippen molar-refractivity contribution in [3.63, 3.8) is 0 Å². The summed E-state index contributed by atoms with van der Waals surface area (Å²) in [4.78, 5) is 19.8. The predicted octanol–water partition coefficient (Wildman–Crippen LogP) is 3.45. The third kappa shape index (κ3) is 5.51. The molecule has 176 valence electrons. The fraction of sp³-hybridized carbons (Fsp3) is 0.480. The van der Waals surface area contributed by atoms with E-state index in [9.17, 15) is 4.79 Å². The van der Waals surface area contributed by atoms with E-state index in [1.54, 1.807) is 6.20 Å². The van der Waals surface area contributed by atoms with Gasteiger partial charge in [0.15, 0.2) is 0 Å². The largest absolute Gasteiger partial charge is 0.379 e. The third-order valence-electron chi connectivity index (χ3n) is 6.19. The van der Waals surface area contributed by atoms with E-state index in [2.05, 4.69) is 14.6 Å². The molecule has 1 aromatic carbocycles. The Morgan fingerprint density at radius 1 is 1.09 bits per heavy atom. The Kier molecular flexibility index (Phi) is 7.91. The van der Waals surface area contributed by atoms with E-state index in [1.165, 1.54) is 0 Å². The van der Waals surface area contributed by atoms with Gasteiger partial charge in [-0.15, -0.1) is 0 Å². The topological polar surface area (TPSA) is 74.4 Å². The number of likely N-dealkylation sites (tertiary alicyclic amines) is 1. The molecule has 8 heteroatoms. The molecule has 3 heterocycles. The molecule has 3 aromatic rings. The highest BCUT2D eigenvalue weighted by Crippen LogP contribution is 2.28. The average molecular weight is 452 g/mol. The van der Waals surface area contributed by atoms with Crippen LogP contribution in [0.2, 0.25) is 0 Å². The lowest BCUT2D eigenvalue weighted by Gasteiger charge is -2.32. The molecule has 1 aliphatic heterocycles. The second-order valence-electron chi connectivity index (χ2n) is 8.25. The molecular weight excluding hydrogens is 418 g/mol. The van der Waals surface area contributed by atoms with Gasteiger partial charge in [0.25, 0.3) is 5.91 Å². The van der Waals surface area contributed by atoms with Crippen molar-refractivity contribution in [3.05, 3.63) is 66.0 Å². The standard InChI is InChI=1S/C25H33N5O3/c1-3-32-17-18-33-16-15-28-14-11-26-24(28)21-9-12-29(13-10-21)25(31)23-19-27-30(20(23)2)22-7-5-4-6-8-22/h4-8,11,14,19,21H,3,9-10,12-13,15-18H2,1-2H3. The molecule has 0 aliphatic carbocycles. The molecule has 33 heavy (non-hydrogen) atoms. The summed E-state index contributed by atoms with van der Waals surface area (Å²) in [5.41, 5.74) is 2.50. The number of rotatable bonds is 10. The molecule has 0 unspecified atom stereocenters. The van der Waals surface area contributed by atoms with Crippen LogP contribution in [0.15, 0.2) is 48.9 Å². The molecule has 0 radical (unpaired) electrons. The number of hydrogen-bond donors (Lipinski definition) is 0. The van der Waals surface area contributed by atoms with Crippen LogP contribution >= 0.6 is 0 Å². The van der Waals surface area contributed by atoms with Crippen LogP contribution in [0, 0.1) is 6.92 Å². The first kappa shape index (κ1) is 23.2. The number of nitrogens with zero attached hydrogens (tertiary/aromatic N) is 5. The SMILES string of the molecule is CCOCCOCCn1ccnc1C1CCN(C(=O)c2cnn(-c3ccccc3)c2C)CC1. The number of para-hydroxylation sites is 1. The van der Waals surface area contributed by atoms with Crippen molar-refractivity contribution in [2.45, 2.75) is 39.2 Å². The van der Waals surface area contributed by atoms with Crippen molar-refractivity contribution in [1.29, 1.82) is 0 Å². The molecule has 8 nitrogen and oxygen atoms in total. The van der Waals surface area contributed by atoms with Gasteiger partial charge in [0.05, 0.1) is 43.0 Å². The summed E-state index contributed by atoms with van der Waals surface area (Å²) in [6.07, 6.45) is 7.36. The monoisotopic (exact) mass is 451 g/mol. The molecular formula is C25H33N5O3. The highest BCUT2D eigenvalue weighted by Gasteiger charge is 2.28. The van der Waals surface area contributed by atoms with Crippen molar-refractivity contribution < 1.29 is 14.3 Å². The Hall–Kier alpha value is -2.97. The summed E-state index contributed by atoms with van der Waals surface area (Å²) in [5.74, 6) is 1.49. The van der Waals surface area contributed by atoms with Gasteiger partial charge < -0.3 is 18.9 Å². The van der Waals surface area contributed by atoms with Crippen LogP contribution in [0.4, 0.5) is 0 Å². The minimum Gasteiger partial charge on any atom is -0.379 e. The van der Waals surface area contributed by atoms with E-state index in [1.807, 2.05) is 66.2 Å². The summed E-state index contributed by atoms with van der Waals surface area (Å²) in [6.45, 7) is 8.74. The van der Waals surface area contributed by atoms with Crippen LogP contribution in [0.1, 0.15) is 47.6 Å². The highest BCUT2D eigenvalue weighted by atomic mass is 16.5. The van der Waals surface area contributed by atoms with Crippen LogP contribution in [0.25, 0.3) is 5.69 Å². The van der Waals surface area contributed by atoms with Crippen LogP contribution < -0.4 is 0 Å². The zero-order valence-corrected chi connectivity index (χ0v) is 19.5. The molecule has 1 amide bonds. The molecule has 1 fully saturated rings. The van der Waals surface area contributed by atoms with Gasteiger partial charge in [0.1, 0.15) is 5.82 Å². The third-order valence-corrected chi connectivity index (χ3v) is 6.19. The normalized spacial score (nSPS) is 14.7. The Morgan fingerprint density at radius 3 is 2.61 bits per heavy atom. The molecule has 0 atom stereocenters. The maximum absolute atomic E-state index is 13.2. The predicted molar refractivity (Wildman–Crippen MR) is 126 cm³/mol. The summed E-state index contributed by atoms with van der Waals surface area (Å²) < 4.78 is 15.0. The summed E-state index contributed by atoms with van der Waals surface area (Å²) in [6, 6.07) is 9.90. The van der Waals surface area contributed by atoms with E-state index < -0.39 is 0 Å². The van der Waals surface area contributed by atoms with E-state index in [-0.39, 0.29) is 5.91 Å². The van der Waals surface area contributed by atoms with E-state index >= 15 is 0 Å². The maximum Gasteiger partial charge on any atom is 0.257 e. The smallest absolute Gasteiger partial charge is 0.257 e. The number of hydrogen-bond acceptors (Lipinski definition) is 5. The first-order valence-electron chi connectivity index (χ1n) is 11.7. The molecule has 2 aromatic heterocycles. The van der Waals surface area contributed by atoms with E-state index in [0.717, 1.165) is 49.7 Å². The Labute approximate surface area is 195 Å². The minimum absolute atomic E-state index is 0.0548. The number of benzene rings is 1. The zero-order chi connectivity index (χ0) is 23.0. The van der Waals surface area contributed by atoms with Crippen molar-refractivity contribution in [1.82, 2.24) is 24.2 Å². The first-order chi connectivity index (χ1) is 16.2. The van der Waals surface area contributed by atoms with Gasteiger partial charge >= 0.3 is 0 Å². The molecule has 0 spiro atoms. The number of ether oxygens (including phenoxy) is 2. The molecule has 4 rings (SSSR count). The summed E-state index contributed by atoms with van der Waals surface area (Å²) >= 11 is 0. The maximum atomic E-state index is 13.2. The van der Waals surface area contributed by atoms with Gasteiger partial charge in [-0.3, -0.25) is 4.79 Å². The quantitative estimate of drug-likeness (QED) is 0.442. The van der Waals surface area contributed by atoms with Gasteiger partial charge in [-0.05, 0) is 38.8 Å². The zero-order valence-electron chi connectivity index (χ0n) is 19.5. The van der Waals surface area contributed by atoms with E-state index in [4.69, 9.17) is 9.47 Å². The number of amides is 1. The van der Waals surface area contributed by atoms with Crippen LogP contribution in [-0.4, -0.2) is 69.7 Å². The van der Waals surface area contributed by atoms with Crippen LogP contribution in [0.5, 0.6) is 0 Å². The van der Waals surface area contributed by atoms with Gasteiger partial charge in [-0.2, -0.15) is 5.10 Å². The van der Waals surface area contributed by atoms with Crippen LogP contribution in [-0.2, 0) is 16.0 Å². The fourth-order valence-electron chi connectivity index (χ4n) is 4.36. The molecule has 0 saturated carbocycles. The number of carbonyl (C=O) groups excluding carboxylic acids is 1. The van der Waals surface area contributed by atoms with Gasteiger partial charge in [0.2, 0.25) is 0 Å². The lowest BCUT2D eigenvalue weighted by atomic mass is 9.95. The molecule has 1 saturated heterocycles. The van der Waals surface area contributed by atoms with Gasteiger partial charge in [-0.25, -0.2) is 9.67 Å². The first-order valence-corrected chi connectivity index (χ1v) is 11.7. The lowest BCUT2D eigenvalue weighted by Crippen LogP contribution is -2.38. The minimum atomic E-state index is 0.0548. The summed E-state index contributed by atoms with van der Waals surface area (Å²) in [5, 5.41) is 4.46. The van der Waals surface area contributed by atoms with Crippen molar-refractivity contribution >= 4 is 5.91 Å². The van der Waals surface area contributed by atoms with Crippen molar-refractivity contribution in [2.75, 3.05) is 39.5 Å². The molecule has 0 N–H and O–H groups in total. The number of aromatic nitrogens is 4.